The van der Waals surface area contributed by atoms with Crippen LogP contribution >= 0.6 is 0 Å². The molecule has 0 spiro atoms. The van der Waals surface area contributed by atoms with Gasteiger partial charge in [0.25, 0.3) is 0 Å². The summed E-state index contributed by atoms with van der Waals surface area (Å²) in [5.74, 6) is 1.69. The first-order valence-corrected chi connectivity index (χ1v) is 9.17. The van der Waals surface area contributed by atoms with E-state index in [1.54, 1.807) is 24.9 Å². The SMILES string of the molecule is c1cnc2ncnc(N3CCN(c4nccc(-c5ccncc5)n4)CC3)c2c1. The molecular formula is C20H18N8. The van der Waals surface area contributed by atoms with Crippen LogP contribution in [0.5, 0.6) is 0 Å². The van der Waals surface area contributed by atoms with Crippen LogP contribution < -0.4 is 9.80 Å². The van der Waals surface area contributed by atoms with Crippen LogP contribution in [0, 0.1) is 0 Å². The van der Waals surface area contributed by atoms with E-state index in [-0.39, 0.29) is 0 Å². The van der Waals surface area contributed by atoms with Gasteiger partial charge >= 0.3 is 0 Å². The zero-order valence-corrected chi connectivity index (χ0v) is 15.2. The molecule has 0 N–H and O–H groups in total. The van der Waals surface area contributed by atoms with Gasteiger partial charge < -0.3 is 9.80 Å². The molecule has 138 valence electrons. The smallest absolute Gasteiger partial charge is 0.225 e. The van der Waals surface area contributed by atoms with Crippen LogP contribution in [0.25, 0.3) is 22.3 Å². The lowest BCUT2D eigenvalue weighted by molar-refractivity contribution is 0.636. The van der Waals surface area contributed by atoms with Crippen molar-refractivity contribution in [2.45, 2.75) is 0 Å². The molecule has 0 radical (unpaired) electrons. The predicted molar refractivity (Wildman–Crippen MR) is 107 cm³/mol. The molecule has 28 heavy (non-hydrogen) atoms. The first-order valence-electron chi connectivity index (χ1n) is 9.17. The summed E-state index contributed by atoms with van der Waals surface area (Å²) in [6.07, 6.45) is 8.70. The average Bonchev–Trinajstić information content (AvgIpc) is 2.79. The van der Waals surface area contributed by atoms with E-state index < -0.39 is 0 Å². The van der Waals surface area contributed by atoms with Gasteiger partial charge in [0.15, 0.2) is 5.65 Å². The second-order valence-corrected chi connectivity index (χ2v) is 6.52. The van der Waals surface area contributed by atoms with E-state index in [4.69, 9.17) is 4.98 Å². The Labute approximate surface area is 162 Å². The maximum Gasteiger partial charge on any atom is 0.225 e. The zero-order valence-electron chi connectivity index (χ0n) is 15.2. The summed E-state index contributed by atoms with van der Waals surface area (Å²) in [7, 11) is 0. The highest BCUT2D eigenvalue weighted by molar-refractivity contribution is 5.86. The highest BCUT2D eigenvalue weighted by Crippen LogP contribution is 2.24. The van der Waals surface area contributed by atoms with Crippen LogP contribution in [-0.2, 0) is 0 Å². The molecule has 0 unspecified atom stereocenters. The Kier molecular flexibility index (Phi) is 4.21. The minimum absolute atomic E-state index is 0.725. The highest BCUT2D eigenvalue weighted by atomic mass is 15.3. The molecule has 0 bridgehead atoms. The third kappa shape index (κ3) is 3.09. The van der Waals surface area contributed by atoms with Gasteiger partial charge in [0.1, 0.15) is 12.1 Å². The number of piperazine rings is 1. The van der Waals surface area contributed by atoms with Crippen molar-refractivity contribution in [1.82, 2.24) is 29.9 Å². The third-order valence-electron chi connectivity index (χ3n) is 4.87. The molecule has 0 aliphatic carbocycles. The van der Waals surface area contributed by atoms with Gasteiger partial charge in [-0.25, -0.2) is 24.9 Å². The van der Waals surface area contributed by atoms with Gasteiger partial charge in [-0.1, -0.05) is 0 Å². The van der Waals surface area contributed by atoms with Crippen LogP contribution in [0.4, 0.5) is 11.8 Å². The lowest BCUT2D eigenvalue weighted by Gasteiger charge is -2.35. The Morgan fingerprint density at radius 1 is 0.714 bits per heavy atom. The summed E-state index contributed by atoms with van der Waals surface area (Å²) in [6, 6.07) is 9.78. The summed E-state index contributed by atoms with van der Waals surface area (Å²) in [4.78, 5) is 30.9. The fraction of sp³-hybridized carbons (Fsp3) is 0.200. The Morgan fingerprint density at radius 3 is 2.39 bits per heavy atom. The molecule has 1 aliphatic heterocycles. The van der Waals surface area contributed by atoms with E-state index in [0.29, 0.717) is 0 Å². The number of nitrogens with zero attached hydrogens (tertiary/aromatic N) is 8. The van der Waals surface area contributed by atoms with Crippen LogP contribution in [0.15, 0.2) is 61.4 Å². The molecule has 5 heterocycles. The van der Waals surface area contributed by atoms with E-state index in [0.717, 1.165) is 60.2 Å². The first-order chi connectivity index (χ1) is 13.9. The molecular weight excluding hydrogens is 352 g/mol. The van der Waals surface area contributed by atoms with Gasteiger partial charge in [0.05, 0.1) is 11.1 Å². The molecule has 4 aromatic rings. The maximum atomic E-state index is 4.75. The van der Waals surface area contributed by atoms with Crippen molar-refractivity contribution in [1.29, 1.82) is 0 Å². The molecule has 0 aromatic carbocycles. The molecule has 4 aromatic heterocycles. The summed E-state index contributed by atoms with van der Waals surface area (Å²) in [5.41, 5.74) is 2.67. The quantitative estimate of drug-likeness (QED) is 0.543. The normalized spacial score (nSPS) is 14.4. The van der Waals surface area contributed by atoms with Gasteiger partial charge in [-0.05, 0) is 30.3 Å². The Morgan fingerprint density at radius 2 is 1.54 bits per heavy atom. The summed E-state index contributed by atoms with van der Waals surface area (Å²) >= 11 is 0. The molecule has 8 heteroatoms. The third-order valence-corrected chi connectivity index (χ3v) is 4.87. The van der Waals surface area contributed by atoms with Crippen molar-refractivity contribution in [3.8, 4) is 11.3 Å². The Hall–Kier alpha value is -3.68. The summed E-state index contributed by atoms with van der Waals surface area (Å²) in [5, 5.41) is 0.981. The number of fused-ring (bicyclic) bond motifs is 1. The Bertz CT molecular complexity index is 1090. The standard InChI is InChI=1S/C20H18N8/c1-2-16-18(22-6-1)24-14-25-19(16)27-10-12-28(13-11-27)20-23-9-5-17(26-20)15-3-7-21-8-4-15/h1-9,14H,10-13H2. The van der Waals surface area contributed by atoms with Crippen molar-refractivity contribution in [3.05, 3.63) is 61.4 Å². The number of hydrogen-bond donors (Lipinski definition) is 0. The van der Waals surface area contributed by atoms with Gasteiger partial charge in [-0.15, -0.1) is 0 Å². The van der Waals surface area contributed by atoms with Crippen LogP contribution in [-0.4, -0.2) is 56.1 Å². The number of anilines is 2. The van der Waals surface area contributed by atoms with Crippen LogP contribution in [0.2, 0.25) is 0 Å². The van der Waals surface area contributed by atoms with E-state index in [9.17, 15) is 0 Å². The number of aromatic nitrogens is 6. The molecule has 5 rings (SSSR count). The average molecular weight is 370 g/mol. The lowest BCUT2D eigenvalue weighted by Crippen LogP contribution is -2.47. The minimum Gasteiger partial charge on any atom is -0.352 e. The lowest BCUT2D eigenvalue weighted by atomic mass is 10.2. The molecule has 0 saturated carbocycles. The van der Waals surface area contributed by atoms with E-state index >= 15 is 0 Å². The van der Waals surface area contributed by atoms with Crippen molar-refractivity contribution >= 4 is 22.8 Å². The van der Waals surface area contributed by atoms with E-state index in [1.165, 1.54) is 0 Å². The van der Waals surface area contributed by atoms with Crippen molar-refractivity contribution in [2.75, 3.05) is 36.0 Å². The van der Waals surface area contributed by atoms with E-state index in [2.05, 4.69) is 34.7 Å². The fourth-order valence-electron chi connectivity index (χ4n) is 3.44. The topological polar surface area (TPSA) is 83.8 Å². The maximum absolute atomic E-state index is 4.75. The zero-order chi connectivity index (χ0) is 18.8. The summed E-state index contributed by atoms with van der Waals surface area (Å²) in [6.45, 7) is 3.32. The van der Waals surface area contributed by atoms with Gasteiger partial charge in [0, 0.05) is 56.5 Å². The number of pyridine rings is 2. The van der Waals surface area contributed by atoms with Crippen LogP contribution in [0.3, 0.4) is 0 Å². The molecule has 1 aliphatic rings. The highest BCUT2D eigenvalue weighted by Gasteiger charge is 2.22. The largest absolute Gasteiger partial charge is 0.352 e. The predicted octanol–water partition coefficient (Wildman–Crippen LogP) is 2.20. The number of hydrogen-bond acceptors (Lipinski definition) is 8. The molecule has 0 atom stereocenters. The van der Waals surface area contributed by atoms with Crippen molar-refractivity contribution in [2.24, 2.45) is 0 Å². The monoisotopic (exact) mass is 370 g/mol. The summed E-state index contributed by atoms with van der Waals surface area (Å²) < 4.78 is 0. The minimum atomic E-state index is 0.725. The van der Waals surface area contributed by atoms with Crippen LogP contribution in [0.1, 0.15) is 0 Å². The molecule has 8 nitrogen and oxygen atoms in total. The molecule has 0 amide bonds. The van der Waals surface area contributed by atoms with Gasteiger partial charge in [0.2, 0.25) is 5.95 Å². The van der Waals surface area contributed by atoms with E-state index in [1.807, 2.05) is 36.5 Å². The van der Waals surface area contributed by atoms with Gasteiger partial charge in [-0.2, -0.15) is 0 Å². The van der Waals surface area contributed by atoms with Gasteiger partial charge in [-0.3, -0.25) is 4.98 Å². The number of rotatable bonds is 3. The molecule has 1 saturated heterocycles. The fourth-order valence-corrected chi connectivity index (χ4v) is 3.44. The second-order valence-electron chi connectivity index (χ2n) is 6.52. The van der Waals surface area contributed by atoms with Crippen molar-refractivity contribution < 1.29 is 0 Å². The van der Waals surface area contributed by atoms with Crippen molar-refractivity contribution in [3.63, 3.8) is 0 Å². The molecule has 1 fully saturated rings. The first kappa shape index (κ1) is 16.5. The second kappa shape index (κ2) is 7.15. The Balaban J connectivity index is 1.35.